The van der Waals surface area contributed by atoms with Crippen molar-refractivity contribution < 1.29 is 14.0 Å². The Morgan fingerprint density at radius 1 is 1.12 bits per heavy atom. The summed E-state index contributed by atoms with van der Waals surface area (Å²) in [6.45, 7) is 3.63. The summed E-state index contributed by atoms with van der Waals surface area (Å²) in [6, 6.07) is 10.1. The number of fused-ring (bicyclic) bond motifs is 1. The number of rotatable bonds is 3. The van der Waals surface area contributed by atoms with Crippen molar-refractivity contribution in [2.24, 2.45) is 10.3 Å². The van der Waals surface area contributed by atoms with Gasteiger partial charge in [-0.25, -0.2) is 14.3 Å². The van der Waals surface area contributed by atoms with Gasteiger partial charge in [-0.1, -0.05) is 36.4 Å². The van der Waals surface area contributed by atoms with Crippen LogP contribution in [0.3, 0.4) is 0 Å². The van der Waals surface area contributed by atoms with Crippen molar-refractivity contribution in [2.45, 2.75) is 32.4 Å². The van der Waals surface area contributed by atoms with E-state index in [0.717, 1.165) is 22.6 Å². The van der Waals surface area contributed by atoms with Gasteiger partial charge in [-0.2, -0.15) is 5.11 Å². The fourth-order valence-corrected chi connectivity index (χ4v) is 3.37. The third-order valence-corrected chi connectivity index (χ3v) is 4.81. The number of carbonyl (C=O) groups is 2. The van der Waals surface area contributed by atoms with E-state index < -0.39 is 29.7 Å². The molecule has 132 valence electrons. The van der Waals surface area contributed by atoms with Gasteiger partial charge in [0.1, 0.15) is 5.82 Å². The van der Waals surface area contributed by atoms with Crippen molar-refractivity contribution in [3.05, 3.63) is 59.4 Å². The van der Waals surface area contributed by atoms with Crippen LogP contribution < -0.4 is 9.91 Å². The van der Waals surface area contributed by atoms with Gasteiger partial charge in [0.05, 0.1) is 11.4 Å². The number of hydrogen-bond acceptors (Lipinski definition) is 5. The van der Waals surface area contributed by atoms with E-state index in [-0.39, 0.29) is 5.69 Å². The van der Waals surface area contributed by atoms with Gasteiger partial charge in [0, 0.05) is 0 Å². The van der Waals surface area contributed by atoms with Crippen LogP contribution in [0.25, 0.3) is 0 Å². The minimum absolute atomic E-state index is 0.219. The highest BCUT2D eigenvalue weighted by atomic mass is 19.1. The summed E-state index contributed by atoms with van der Waals surface area (Å²) in [5.74, 6) is -1.39. The third-order valence-electron chi connectivity index (χ3n) is 4.81. The Bertz CT molecular complexity index is 943. The standard InChI is InChI=1S/C19H17FN4O2/c1-3-12-6-4-5-7-15(12)24-17-16(21-22-24)18(25)23(19(17)26)13-9-8-11(2)14(20)10-13/h4-10,16-17H,3H2,1-2H3/t16-,17+/m0/s1. The topological polar surface area (TPSA) is 65.3 Å². The van der Waals surface area contributed by atoms with Gasteiger partial charge < -0.3 is 0 Å². The number of benzene rings is 2. The molecule has 2 aromatic rings. The number of para-hydroxylation sites is 1. The molecule has 0 spiro atoms. The van der Waals surface area contributed by atoms with Crippen molar-refractivity contribution in [3.8, 4) is 0 Å². The first-order valence-corrected chi connectivity index (χ1v) is 8.44. The second-order valence-electron chi connectivity index (χ2n) is 6.37. The minimum atomic E-state index is -0.906. The van der Waals surface area contributed by atoms with Gasteiger partial charge in [-0.3, -0.25) is 9.59 Å². The smallest absolute Gasteiger partial charge is 0.263 e. The molecule has 2 heterocycles. The van der Waals surface area contributed by atoms with E-state index in [0.29, 0.717) is 5.56 Å². The van der Waals surface area contributed by atoms with E-state index in [1.54, 1.807) is 19.1 Å². The van der Waals surface area contributed by atoms with Crippen molar-refractivity contribution >= 4 is 23.2 Å². The van der Waals surface area contributed by atoms with Gasteiger partial charge in [0.2, 0.25) is 0 Å². The molecule has 7 heteroatoms. The van der Waals surface area contributed by atoms with Crippen LogP contribution in [0.1, 0.15) is 18.1 Å². The molecule has 26 heavy (non-hydrogen) atoms. The monoisotopic (exact) mass is 352 g/mol. The van der Waals surface area contributed by atoms with Crippen LogP contribution >= 0.6 is 0 Å². The molecule has 0 unspecified atom stereocenters. The first-order chi connectivity index (χ1) is 12.5. The Kier molecular flexibility index (Phi) is 3.79. The van der Waals surface area contributed by atoms with Crippen molar-refractivity contribution in [3.63, 3.8) is 0 Å². The molecule has 2 aliphatic rings. The number of carbonyl (C=O) groups excluding carboxylic acids is 2. The summed E-state index contributed by atoms with van der Waals surface area (Å²) in [7, 11) is 0. The number of hydrogen-bond donors (Lipinski definition) is 0. The number of imide groups is 1. The average molecular weight is 352 g/mol. The molecular weight excluding hydrogens is 335 g/mol. The van der Waals surface area contributed by atoms with Crippen molar-refractivity contribution in [1.29, 1.82) is 0 Å². The van der Waals surface area contributed by atoms with Gasteiger partial charge in [-0.05, 0) is 42.7 Å². The lowest BCUT2D eigenvalue weighted by molar-refractivity contribution is -0.121. The molecule has 0 N–H and O–H groups in total. The zero-order chi connectivity index (χ0) is 18.4. The van der Waals surface area contributed by atoms with Crippen LogP contribution in [0.5, 0.6) is 0 Å². The number of halogens is 1. The van der Waals surface area contributed by atoms with E-state index in [9.17, 15) is 14.0 Å². The Balaban J connectivity index is 1.73. The van der Waals surface area contributed by atoms with Gasteiger partial charge in [-0.15, -0.1) is 0 Å². The zero-order valence-corrected chi connectivity index (χ0v) is 14.4. The highest BCUT2D eigenvalue weighted by Crippen LogP contribution is 2.36. The van der Waals surface area contributed by atoms with Gasteiger partial charge in [0.25, 0.3) is 11.8 Å². The molecule has 0 saturated carbocycles. The van der Waals surface area contributed by atoms with Crippen LogP contribution in [-0.2, 0) is 16.0 Å². The summed E-state index contributed by atoms with van der Waals surface area (Å²) < 4.78 is 13.9. The SMILES string of the molecule is CCc1ccccc1N1N=N[C@@H]2C(=O)N(c3ccc(C)c(F)c3)C(=O)[C@@H]21. The highest BCUT2D eigenvalue weighted by molar-refractivity contribution is 6.26. The molecule has 2 atom stereocenters. The fraction of sp³-hybridized carbons (Fsp3) is 0.263. The Morgan fingerprint density at radius 2 is 1.88 bits per heavy atom. The van der Waals surface area contributed by atoms with Gasteiger partial charge >= 0.3 is 0 Å². The number of amides is 2. The number of nitrogens with zero attached hydrogens (tertiary/aromatic N) is 4. The first-order valence-electron chi connectivity index (χ1n) is 8.44. The summed E-state index contributed by atoms with van der Waals surface area (Å²) in [5.41, 5.74) is 2.43. The maximum atomic E-state index is 13.9. The van der Waals surface area contributed by atoms with E-state index in [1.807, 2.05) is 31.2 Å². The van der Waals surface area contributed by atoms with Crippen LogP contribution in [0.15, 0.2) is 52.8 Å². The van der Waals surface area contributed by atoms with Crippen LogP contribution in [-0.4, -0.2) is 23.9 Å². The molecule has 1 saturated heterocycles. The van der Waals surface area contributed by atoms with E-state index in [1.165, 1.54) is 11.1 Å². The van der Waals surface area contributed by atoms with E-state index >= 15 is 0 Å². The third kappa shape index (κ3) is 2.31. The Morgan fingerprint density at radius 3 is 2.62 bits per heavy atom. The largest absolute Gasteiger partial charge is 0.271 e. The lowest BCUT2D eigenvalue weighted by Crippen LogP contribution is -2.40. The van der Waals surface area contributed by atoms with E-state index in [2.05, 4.69) is 10.3 Å². The van der Waals surface area contributed by atoms with Crippen LogP contribution in [0.4, 0.5) is 15.8 Å². The highest BCUT2D eigenvalue weighted by Gasteiger charge is 2.55. The summed E-state index contributed by atoms with van der Waals surface area (Å²) in [5, 5.41) is 9.61. The molecule has 2 aliphatic heterocycles. The quantitative estimate of drug-likeness (QED) is 0.797. The second-order valence-corrected chi connectivity index (χ2v) is 6.37. The summed E-state index contributed by atoms with van der Waals surface area (Å²) >= 11 is 0. The molecule has 4 rings (SSSR count). The predicted octanol–water partition coefficient (Wildman–Crippen LogP) is 3.19. The molecule has 6 nitrogen and oxygen atoms in total. The molecule has 2 aromatic carbocycles. The predicted molar refractivity (Wildman–Crippen MR) is 94.4 cm³/mol. The lowest BCUT2D eigenvalue weighted by Gasteiger charge is -2.22. The molecule has 1 fully saturated rings. The van der Waals surface area contributed by atoms with Crippen LogP contribution in [0, 0.1) is 12.7 Å². The van der Waals surface area contributed by atoms with Crippen molar-refractivity contribution in [1.82, 2.24) is 0 Å². The zero-order valence-electron chi connectivity index (χ0n) is 14.4. The molecule has 0 aliphatic carbocycles. The lowest BCUT2D eigenvalue weighted by atomic mass is 10.1. The van der Waals surface area contributed by atoms with Crippen molar-refractivity contribution in [2.75, 3.05) is 9.91 Å². The molecule has 2 amide bonds. The number of aryl methyl sites for hydroxylation is 2. The Hall–Kier alpha value is -3.09. The van der Waals surface area contributed by atoms with Crippen LogP contribution in [0.2, 0.25) is 0 Å². The normalized spacial score (nSPS) is 21.7. The Labute approximate surface area is 149 Å². The summed E-state index contributed by atoms with van der Waals surface area (Å²) in [4.78, 5) is 26.7. The molecular formula is C19H17FN4O2. The summed E-state index contributed by atoms with van der Waals surface area (Å²) in [6.07, 6.45) is 0.759. The fourth-order valence-electron chi connectivity index (χ4n) is 3.37. The maximum absolute atomic E-state index is 13.9. The van der Waals surface area contributed by atoms with Gasteiger partial charge in [0.15, 0.2) is 12.1 Å². The minimum Gasteiger partial charge on any atom is -0.271 e. The molecule has 0 aromatic heterocycles. The average Bonchev–Trinajstić information content (AvgIpc) is 3.18. The molecule has 0 radical (unpaired) electrons. The van der Waals surface area contributed by atoms with E-state index in [4.69, 9.17) is 0 Å². The first kappa shape index (κ1) is 16.4. The number of anilines is 2. The maximum Gasteiger partial charge on any atom is 0.263 e. The second kappa shape index (κ2) is 6.01. The molecule has 0 bridgehead atoms.